The molecule has 2 rings (SSSR count). The van der Waals surface area contributed by atoms with E-state index in [-0.39, 0.29) is 5.82 Å². The van der Waals surface area contributed by atoms with E-state index in [4.69, 9.17) is 23.2 Å². The van der Waals surface area contributed by atoms with Crippen molar-refractivity contribution in [3.63, 3.8) is 0 Å². The molecule has 100 valence electrons. The van der Waals surface area contributed by atoms with E-state index < -0.39 is 10.8 Å². The summed E-state index contributed by atoms with van der Waals surface area (Å²) < 4.78 is 25.0. The average molecular weight is 317 g/mol. The predicted octanol–water partition coefficient (Wildman–Crippen LogP) is 4.58. The molecule has 0 amide bonds. The van der Waals surface area contributed by atoms with Crippen LogP contribution in [-0.4, -0.2) is 4.21 Å². The van der Waals surface area contributed by atoms with E-state index in [1.807, 2.05) is 0 Å². The summed E-state index contributed by atoms with van der Waals surface area (Å²) in [5.74, 6) is 0.308. The summed E-state index contributed by atoms with van der Waals surface area (Å²) in [6.07, 6.45) is 0. The number of benzene rings is 2. The Morgan fingerprint density at radius 2 is 1.84 bits per heavy atom. The molecule has 2 aromatic carbocycles. The van der Waals surface area contributed by atoms with Crippen molar-refractivity contribution in [1.29, 1.82) is 0 Å². The van der Waals surface area contributed by atoms with Gasteiger partial charge >= 0.3 is 0 Å². The van der Waals surface area contributed by atoms with Crippen LogP contribution in [0.3, 0.4) is 0 Å². The Morgan fingerprint density at radius 1 is 1.05 bits per heavy atom. The van der Waals surface area contributed by atoms with Crippen molar-refractivity contribution in [3.8, 4) is 0 Å². The summed E-state index contributed by atoms with van der Waals surface area (Å²) in [4.78, 5) is 0. The second-order valence-corrected chi connectivity index (χ2v) is 6.39. The SMILES string of the molecule is O=S(Cc1cccc(F)c1)Cc1ccc(Cl)cc1Cl. The van der Waals surface area contributed by atoms with Crippen molar-refractivity contribution < 1.29 is 8.60 Å². The van der Waals surface area contributed by atoms with Crippen molar-refractivity contribution in [2.24, 2.45) is 0 Å². The van der Waals surface area contributed by atoms with Crippen LogP contribution in [-0.2, 0) is 22.3 Å². The van der Waals surface area contributed by atoms with E-state index in [0.717, 1.165) is 5.56 Å². The van der Waals surface area contributed by atoms with Crippen LogP contribution in [0.15, 0.2) is 42.5 Å². The molecule has 0 saturated carbocycles. The van der Waals surface area contributed by atoms with Gasteiger partial charge in [0, 0.05) is 26.6 Å². The van der Waals surface area contributed by atoms with Gasteiger partial charge < -0.3 is 0 Å². The van der Waals surface area contributed by atoms with Gasteiger partial charge in [0.25, 0.3) is 0 Å². The molecule has 0 radical (unpaired) electrons. The summed E-state index contributed by atoms with van der Waals surface area (Å²) >= 11 is 11.8. The van der Waals surface area contributed by atoms with Gasteiger partial charge in [-0.15, -0.1) is 0 Å². The fraction of sp³-hybridized carbons (Fsp3) is 0.143. The molecule has 0 aromatic heterocycles. The van der Waals surface area contributed by atoms with Gasteiger partial charge in [0.1, 0.15) is 5.82 Å². The molecular weight excluding hydrogens is 306 g/mol. The maximum atomic E-state index is 13.0. The van der Waals surface area contributed by atoms with Crippen LogP contribution < -0.4 is 0 Å². The summed E-state index contributed by atoms with van der Waals surface area (Å²) in [6, 6.07) is 11.2. The van der Waals surface area contributed by atoms with Crippen LogP contribution in [0, 0.1) is 5.82 Å². The second-order valence-electron chi connectivity index (χ2n) is 4.09. The lowest BCUT2D eigenvalue weighted by molar-refractivity contribution is 0.626. The second kappa shape index (κ2) is 6.51. The van der Waals surface area contributed by atoms with Gasteiger partial charge in [-0.3, -0.25) is 4.21 Å². The van der Waals surface area contributed by atoms with Crippen LogP contribution >= 0.6 is 23.2 Å². The van der Waals surface area contributed by atoms with Gasteiger partial charge in [-0.2, -0.15) is 0 Å². The van der Waals surface area contributed by atoms with Crippen molar-refractivity contribution in [3.05, 3.63) is 69.5 Å². The first-order valence-corrected chi connectivity index (χ1v) is 7.82. The lowest BCUT2D eigenvalue weighted by atomic mass is 10.2. The Hall–Kier alpha value is -0.900. The van der Waals surface area contributed by atoms with Crippen LogP contribution in [0.25, 0.3) is 0 Å². The normalized spacial score (nSPS) is 12.4. The largest absolute Gasteiger partial charge is 0.259 e. The van der Waals surface area contributed by atoms with Crippen molar-refractivity contribution in [1.82, 2.24) is 0 Å². The lowest BCUT2D eigenvalue weighted by Crippen LogP contribution is -2.00. The van der Waals surface area contributed by atoms with E-state index in [1.54, 1.807) is 30.3 Å². The first-order valence-electron chi connectivity index (χ1n) is 5.58. The Bertz CT molecular complexity index is 616. The van der Waals surface area contributed by atoms with E-state index in [1.165, 1.54) is 12.1 Å². The van der Waals surface area contributed by atoms with Crippen molar-refractivity contribution >= 4 is 34.0 Å². The van der Waals surface area contributed by atoms with Gasteiger partial charge in [0.05, 0.1) is 5.75 Å². The van der Waals surface area contributed by atoms with Gasteiger partial charge in [-0.1, -0.05) is 41.4 Å². The smallest absolute Gasteiger partial charge is 0.123 e. The highest BCUT2D eigenvalue weighted by molar-refractivity contribution is 7.83. The van der Waals surface area contributed by atoms with Gasteiger partial charge in [0.2, 0.25) is 0 Å². The third-order valence-corrected chi connectivity index (χ3v) is 4.42. The fourth-order valence-electron chi connectivity index (χ4n) is 1.68. The Morgan fingerprint density at radius 3 is 2.53 bits per heavy atom. The number of halogens is 3. The highest BCUT2D eigenvalue weighted by atomic mass is 35.5. The minimum Gasteiger partial charge on any atom is -0.259 e. The van der Waals surface area contributed by atoms with Gasteiger partial charge in [-0.05, 0) is 35.4 Å². The molecule has 0 aliphatic rings. The third-order valence-electron chi connectivity index (χ3n) is 2.55. The molecule has 0 aliphatic heterocycles. The number of hydrogen-bond donors (Lipinski definition) is 0. The fourth-order valence-corrected chi connectivity index (χ4v) is 3.48. The molecule has 0 fully saturated rings. The standard InChI is InChI=1S/C14H11Cl2FOS/c15-12-5-4-11(14(16)7-12)9-19(18)8-10-2-1-3-13(17)6-10/h1-7H,8-9H2. The number of hydrogen-bond acceptors (Lipinski definition) is 1. The zero-order valence-corrected chi connectivity index (χ0v) is 12.2. The maximum absolute atomic E-state index is 13.0. The van der Waals surface area contributed by atoms with Gasteiger partial charge in [0.15, 0.2) is 0 Å². The van der Waals surface area contributed by atoms with E-state index in [0.29, 0.717) is 27.1 Å². The molecule has 1 atom stereocenters. The molecule has 0 bridgehead atoms. The highest BCUT2D eigenvalue weighted by Crippen LogP contribution is 2.22. The van der Waals surface area contributed by atoms with Crippen molar-refractivity contribution in [2.75, 3.05) is 0 Å². The van der Waals surface area contributed by atoms with Crippen LogP contribution in [0.2, 0.25) is 10.0 Å². The highest BCUT2D eigenvalue weighted by Gasteiger charge is 2.08. The third kappa shape index (κ3) is 4.30. The van der Waals surface area contributed by atoms with E-state index >= 15 is 0 Å². The predicted molar refractivity (Wildman–Crippen MR) is 78.4 cm³/mol. The molecule has 2 aromatic rings. The number of rotatable bonds is 4. The molecule has 0 aliphatic carbocycles. The quantitative estimate of drug-likeness (QED) is 0.806. The monoisotopic (exact) mass is 316 g/mol. The van der Waals surface area contributed by atoms with Crippen LogP contribution in [0.5, 0.6) is 0 Å². The van der Waals surface area contributed by atoms with E-state index in [2.05, 4.69) is 0 Å². The Kier molecular flexibility index (Phi) is 4.97. The molecule has 0 spiro atoms. The van der Waals surface area contributed by atoms with Crippen LogP contribution in [0.1, 0.15) is 11.1 Å². The molecule has 0 N–H and O–H groups in total. The zero-order chi connectivity index (χ0) is 13.8. The molecule has 0 heterocycles. The molecule has 1 unspecified atom stereocenters. The molecular formula is C14H11Cl2FOS. The minimum atomic E-state index is -1.14. The first kappa shape index (κ1) is 14.5. The Balaban J connectivity index is 2.05. The summed E-state index contributed by atoms with van der Waals surface area (Å²) in [5.41, 5.74) is 1.49. The molecule has 0 saturated heterocycles. The van der Waals surface area contributed by atoms with Crippen LogP contribution in [0.4, 0.5) is 4.39 Å². The summed E-state index contributed by atoms with van der Waals surface area (Å²) in [5, 5.41) is 1.05. The van der Waals surface area contributed by atoms with Gasteiger partial charge in [-0.25, -0.2) is 4.39 Å². The first-order chi connectivity index (χ1) is 9.04. The van der Waals surface area contributed by atoms with E-state index in [9.17, 15) is 8.60 Å². The molecule has 5 heteroatoms. The average Bonchev–Trinajstić information content (AvgIpc) is 2.33. The summed E-state index contributed by atoms with van der Waals surface area (Å²) in [7, 11) is -1.14. The topological polar surface area (TPSA) is 17.1 Å². The zero-order valence-electron chi connectivity index (χ0n) is 9.91. The van der Waals surface area contributed by atoms with Crippen molar-refractivity contribution in [2.45, 2.75) is 11.5 Å². The maximum Gasteiger partial charge on any atom is 0.123 e. The minimum absolute atomic E-state index is 0.302. The Labute approximate surface area is 123 Å². The molecule has 19 heavy (non-hydrogen) atoms. The molecule has 1 nitrogen and oxygen atoms in total. The lowest BCUT2D eigenvalue weighted by Gasteiger charge is -2.05. The summed E-state index contributed by atoms with van der Waals surface area (Å²) in [6.45, 7) is 0.